The van der Waals surface area contributed by atoms with E-state index in [-0.39, 0.29) is 17.7 Å². The summed E-state index contributed by atoms with van der Waals surface area (Å²) < 4.78 is 0. The van der Waals surface area contributed by atoms with Crippen molar-refractivity contribution in [3.05, 3.63) is 30.3 Å². The predicted octanol–water partition coefficient (Wildman–Crippen LogP) is 1.24. The Kier molecular flexibility index (Phi) is 4.93. The summed E-state index contributed by atoms with van der Waals surface area (Å²) in [6.07, 6.45) is 0. The van der Waals surface area contributed by atoms with Crippen molar-refractivity contribution in [2.75, 3.05) is 30.3 Å². The number of rotatable bonds is 3. The predicted molar refractivity (Wildman–Crippen MR) is 103 cm³/mol. The third-order valence-electron chi connectivity index (χ3n) is 4.73. The van der Waals surface area contributed by atoms with E-state index in [0.29, 0.717) is 42.4 Å². The first kappa shape index (κ1) is 18.9. The monoisotopic (exact) mass is 371 g/mol. The minimum atomic E-state index is -1.40. The van der Waals surface area contributed by atoms with Crippen molar-refractivity contribution in [2.45, 2.75) is 32.4 Å². The van der Waals surface area contributed by atoms with Crippen LogP contribution < -0.4 is 10.6 Å². The molecule has 1 aliphatic heterocycles. The van der Waals surface area contributed by atoms with Gasteiger partial charge in [-0.3, -0.25) is 4.79 Å². The number of hydrogen-bond acceptors (Lipinski definition) is 7. The first-order valence-corrected chi connectivity index (χ1v) is 8.88. The van der Waals surface area contributed by atoms with Crippen LogP contribution in [0.4, 0.5) is 11.5 Å². The van der Waals surface area contributed by atoms with Crippen molar-refractivity contribution < 1.29 is 15.0 Å². The number of nitrogens with two attached hydrogens (primary N) is 1. The van der Waals surface area contributed by atoms with Gasteiger partial charge < -0.3 is 25.7 Å². The maximum absolute atomic E-state index is 12.4. The Bertz CT molecular complexity index is 849. The summed E-state index contributed by atoms with van der Waals surface area (Å²) in [5.74, 6) is 0.130. The molecule has 2 heterocycles. The number of aromatic nitrogens is 2. The van der Waals surface area contributed by atoms with Crippen LogP contribution in [0, 0.1) is 0 Å². The van der Waals surface area contributed by atoms with Gasteiger partial charge >= 0.3 is 0 Å². The molecular formula is C19H25N5O3. The highest BCUT2D eigenvalue weighted by Gasteiger charge is 2.35. The van der Waals surface area contributed by atoms with Crippen LogP contribution in [0.25, 0.3) is 11.3 Å². The quantitative estimate of drug-likeness (QED) is 0.743. The van der Waals surface area contributed by atoms with Crippen LogP contribution >= 0.6 is 0 Å². The van der Waals surface area contributed by atoms with Gasteiger partial charge in [0.15, 0.2) is 5.82 Å². The van der Waals surface area contributed by atoms with Crippen LogP contribution in [0.3, 0.4) is 0 Å². The number of aliphatic hydroxyl groups is 1. The molecule has 1 saturated heterocycles. The number of aromatic hydroxyl groups is 1. The normalized spacial score (nSPS) is 17.9. The van der Waals surface area contributed by atoms with Crippen LogP contribution in [0.1, 0.15) is 20.8 Å². The lowest BCUT2D eigenvalue weighted by molar-refractivity contribution is -0.150. The van der Waals surface area contributed by atoms with Crippen molar-refractivity contribution in [1.82, 2.24) is 15.1 Å². The molecule has 1 aromatic carbocycles. The molecule has 8 nitrogen and oxygen atoms in total. The molecule has 1 atom stereocenters. The Balaban J connectivity index is 1.85. The van der Waals surface area contributed by atoms with Crippen molar-refractivity contribution in [2.24, 2.45) is 0 Å². The summed E-state index contributed by atoms with van der Waals surface area (Å²) in [5.41, 5.74) is 6.47. The van der Waals surface area contributed by atoms with E-state index >= 15 is 0 Å². The fourth-order valence-corrected chi connectivity index (χ4v) is 3.30. The van der Waals surface area contributed by atoms with Gasteiger partial charge in [0.05, 0.1) is 11.4 Å². The van der Waals surface area contributed by atoms with E-state index in [0.717, 1.165) is 0 Å². The average molecular weight is 371 g/mol. The number of piperazine rings is 1. The zero-order valence-corrected chi connectivity index (χ0v) is 15.8. The number of benzene rings is 1. The van der Waals surface area contributed by atoms with Crippen molar-refractivity contribution in [1.29, 1.82) is 0 Å². The largest absolute Gasteiger partial charge is 0.507 e. The SMILES string of the molecule is C[C@H]1CN(c2cc(-c3ccccc3O)nnc2N)CCN1C(=O)C(C)(C)O. The van der Waals surface area contributed by atoms with Gasteiger partial charge in [-0.05, 0) is 39.0 Å². The summed E-state index contributed by atoms with van der Waals surface area (Å²) in [6.45, 7) is 6.51. The Morgan fingerprint density at radius 3 is 2.59 bits per heavy atom. The third kappa shape index (κ3) is 3.80. The van der Waals surface area contributed by atoms with E-state index in [9.17, 15) is 15.0 Å². The first-order chi connectivity index (χ1) is 12.7. The second-order valence-corrected chi connectivity index (χ2v) is 7.37. The molecule has 3 rings (SSSR count). The lowest BCUT2D eigenvalue weighted by Gasteiger charge is -2.42. The fraction of sp³-hybridized carbons (Fsp3) is 0.421. The van der Waals surface area contributed by atoms with Crippen LogP contribution in [-0.4, -0.2) is 62.5 Å². The van der Waals surface area contributed by atoms with Crippen LogP contribution in [0.5, 0.6) is 5.75 Å². The number of anilines is 2. The van der Waals surface area contributed by atoms with E-state index < -0.39 is 5.60 Å². The molecule has 0 saturated carbocycles. The average Bonchev–Trinajstić information content (AvgIpc) is 2.61. The van der Waals surface area contributed by atoms with Crippen molar-refractivity contribution in [3.8, 4) is 17.0 Å². The Morgan fingerprint density at radius 1 is 1.26 bits per heavy atom. The number of nitrogen functional groups attached to an aromatic ring is 1. The zero-order chi connectivity index (χ0) is 19.8. The zero-order valence-electron chi connectivity index (χ0n) is 15.8. The van der Waals surface area contributed by atoms with E-state index in [4.69, 9.17) is 5.73 Å². The van der Waals surface area contributed by atoms with Crippen LogP contribution in [0.15, 0.2) is 30.3 Å². The summed E-state index contributed by atoms with van der Waals surface area (Å²) >= 11 is 0. The number of carbonyl (C=O) groups excluding carboxylic acids is 1. The van der Waals surface area contributed by atoms with Crippen molar-refractivity contribution in [3.63, 3.8) is 0 Å². The molecule has 8 heteroatoms. The second-order valence-electron chi connectivity index (χ2n) is 7.37. The van der Waals surface area contributed by atoms with Gasteiger partial charge in [-0.2, -0.15) is 0 Å². The van der Waals surface area contributed by atoms with E-state index in [1.165, 1.54) is 13.8 Å². The molecule has 0 spiro atoms. The number of nitrogens with zero attached hydrogens (tertiary/aromatic N) is 4. The summed E-state index contributed by atoms with van der Waals surface area (Å²) in [5, 5.41) is 28.2. The number of phenols is 1. The highest BCUT2D eigenvalue weighted by Crippen LogP contribution is 2.32. The molecular weight excluding hydrogens is 346 g/mol. The number of phenolic OH excluding ortho intramolecular Hbond substituents is 1. The molecule has 1 fully saturated rings. The molecule has 1 amide bonds. The van der Waals surface area contributed by atoms with Gasteiger partial charge in [0, 0.05) is 31.2 Å². The molecule has 0 radical (unpaired) electrons. The molecule has 144 valence electrons. The first-order valence-electron chi connectivity index (χ1n) is 8.88. The van der Waals surface area contributed by atoms with Gasteiger partial charge in [0.25, 0.3) is 5.91 Å². The minimum Gasteiger partial charge on any atom is -0.507 e. The van der Waals surface area contributed by atoms with Gasteiger partial charge in [-0.25, -0.2) is 0 Å². The molecule has 1 aromatic heterocycles. The molecule has 27 heavy (non-hydrogen) atoms. The Hall–Kier alpha value is -2.87. The smallest absolute Gasteiger partial charge is 0.254 e. The molecule has 0 bridgehead atoms. The maximum Gasteiger partial charge on any atom is 0.254 e. The van der Waals surface area contributed by atoms with Gasteiger partial charge in [0.1, 0.15) is 11.4 Å². The van der Waals surface area contributed by atoms with Crippen molar-refractivity contribution >= 4 is 17.4 Å². The number of para-hydroxylation sites is 1. The van der Waals surface area contributed by atoms with E-state index in [1.54, 1.807) is 29.2 Å². The third-order valence-corrected chi connectivity index (χ3v) is 4.73. The van der Waals surface area contributed by atoms with Gasteiger partial charge in [0.2, 0.25) is 0 Å². The molecule has 0 aliphatic carbocycles. The van der Waals surface area contributed by atoms with E-state index in [2.05, 4.69) is 10.2 Å². The Morgan fingerprint density at radius 2 is 1.96 bits per heavy atom. The summed E-state index contributed by atoms with van der Waals surface area (Å²) in [6, 6.07) is 8.62. The number of amides is 1. The highest BCUT2D eigenvalue weighted by molar-refractivity contribution is 5.84. The number of carbonyl (C=O) groups is 1. The topological polar surface area (TPSA) is 116 Å². The molecule has 4 N–H and O–H groups in total. The second kappa shape index (κ2) is 7.03. The van der Waals surface area contributed by atoms with Crippen LogP contribution in [-0.2, 0) is 4.79 Å². The minimum absolute atomic E-state index is 0.0983. The molecule has 0 unspecified atom stereocenters. The summed E-state index contributed by atoms with van der Waals surface area (Å²) in [7, 11) is 0. The molecule has 1 aliphatic rings. The van der Waals surface area contributed by atoms with E-state index in [1.807, 2.05) is 17.9 Å². The van der Waals surface area contributed by atoms with Gasteiger partial charge in [-0.1, -0.05) is 12.1 Å². The fourth-order valence-electron chi connectivity index (χ4n) is 3.30. The standard InChI is InChI=1S/C19H25N5O3/c1-12-11-23(8-9-24(12)18(26)19(2,3)27)15-10-14(21-22-17(15)20)13-6-4-5-7-16(13)25/h4-7,10,12,25,27H,8-9,11H2,1-3H3,(H2,20,22)/t12-/m0/s1. The maximum atomic E-state index is 12.4. The molecule has 2 aromatic rings. The lowest BCUT2D eigenvalue weighted by Crippen LogP contribution is -2.58. The Labute approximate surface area is 158 Å². The van der Waals surface area contributed by atoms with Gasteiger partial charge in [-0.15, -0.1) is 10.2 Å². The summed E-state index contributed by atoms with van der Waals surface area (Å²) in [4.78, 5) is 16.1. The van der Waals surface area contributed by atoms with Crippen LogP contribution in [0.2, 0.25) is 0 Å². The lowest BCUT2D eigenvalue weighted by atomic mass is 10.0. The number of hydrogen-bond donors (Lipinski definition) is 3. The highest BCUT2D eigenvalue weighted by atomic mass is 16.3.